The fraction of sp³-hybridized carbons (Fsp3) is 0.545. The summed E-state index contributed by atoms with van der Waals surface area (Å²) in [7, 11) is 0. The molecule has 0 amide bonds. The number of nitrogen functional groups attached to an aromatic ring is 1. The molecule has 1 aliphatic rings. The number of hydrogen-bond donors (Lipinski definition) is 1. The lowest BCUT2D eigenvalue weighted by Gasteiger charge is -2.22. The molecule has 14 heavy (non-hydrogen) atoms. The van der Waals surface area contributed by atoms with Gasteiger partial charge in [-0.25, -0.2) is 4.98 Å². The second kappa shape index (κ2) is 4.30. The van der Waals surface area contributed by atoms with Gasteiger partial charge in [0.25, 0.3) is 0 Å². The zero-order chi connectivity index (χ0) is 9.97. The number of rotatable bonds is 1. The zero-order valence-corrected chi connectivity index (χ0v) is 9.76. The van der Waals surface area contributed by atoms with E-state index in [1.165, 1.54) is 37.7 Å². The van der Waals surface area contributed by atoms with Crippen LogP contribution in [0.2, 0.25) is 0 Å². The first kappa shape index (κ1) is 9.97. The molecular weight excluding hydrogens is 240 g/mol. The van der Waals surface area contributed by atoms with E-state index in [0.29, 0.717) is 5.92 Å². The van der Waals surface area contributed by atoms with Crippen molar-refractivity contribution in [2.45, 2.75) is 38.0 Å². The van der Waals surface area contributed by atoms with Crippen molar-refractivity contribution in [3.05, 3.63) is 22.4 Å². The molecule has 3 heteroatoms. The summed E-state index contributed by atoms with van der Waals surface area (Å²) < 4.78 is 0.828. The second-order valence-corrected chi connectivity index (χ2v) is 4.78. The van der Waals surface area contributed by atoms with E-state index in [4.69, 9.17) is 5.73 Å². The molecule has 2 N–H and O–H groups in total. The van der Waals surface area contributed by atoms with Crippen molar-refractivity contribution in [3.8, 4) is 0 Å². The van der Waals surface area contributed by atoms with Crippen molar-refractivity contribution in [1.82, 2.24) is 4.98 Å². The lowest BCUT2D eigenvalue weighted by atomic mass is 9.84. The van der Waals surface area contributed by atoms with Gasteiger partial charge >= 0.3 is 0 Å². The van der Waals surface area contributed by atoms with Crippen LogP contribution in [0.5, 0.6) is 0 Å². The normalized spacial score (nSPS) is 18.4. The van der Waals surface area contributed by atoms with E-state index in [0.717, 1.165) is 10.3 Å². The quantitative estimate of drug-likeness (QED) is 0.780. The molecular formula is C11H15BrN2. The Bertz CT molecular complexity index is 319. The molecule has 0 bridgehead atoms. The number of anilines is 1. The van der Waals surface area contributed by atoms with E-state index < -0.39 is 0 Å². The molecule has 1 fully saturated rings. The third-order valence-corrected chi connectivity index (χ3v) is 3.41. The van der Waals surface area contributed by atoms with E-state index in [1.807, 2.05) is 12.3 Å². The van der Waals surface area contributed by atoms with Crippen LogP contribution in [0.3, 0.4) is 0 Å². The third kappa shape index (κ3) is 2.08. The number of halogens is 1. The van der Waals surface area contributed by atoms with E-state index in [9.17, 15) is 0 Å². The van der Waals surface area contributed by atoms with Gasteiger partial charge in [0.05, 0.1) is 0 Å². The summed E-state index contributed by atoms with van der Waals surface area (Å²) in [5.74, 6) is 0.643. The van der Waals surface area contributed by atoms with Gasteiger partial charge in [0.15, 0.2) is 0 Å². The Morgan fingerprint density at radius 3 is 2.64 bits per heavy atom. The fourth-order valence-electron chi connectivity index (χ4n) is 2.21. The molecule has 2 rings (SSSR count). The number of pyridine rings is 1. The molecule has 0 atom stereocenters. The lowest BCUT2D eigenvalue weighted by molar-refractivity contribution is 0.443. The average Bonchev–Trinajstić information content (AvgIpc) is 2.19. The summed E-state index contributed by atoms with van der Waals surface area (Å²) in [6.07, 6.45) is 8.51. The summed E-state index contributed by atoms with van der Waals surface area (Å²) in [5.41, 5.74) is 8.11. The second-order valence-electron chi connectivity index (χ2n) is 3.97. The Balaban J connectivity index is 2.22. The summed E-state index contributed by atoms with van der Waals surface area (Å²) in [6, 6.07) is 1.91. The van der Waals surface area contributed by atoms with Crippen molar-refractivity contribution in [2.75, 3.05) is 5.73 Å². The smallest absolute Gasteiger partial charge is 0.108 e. The Kier molecular flexibility index (Phi) is 3.06. The van der Waals surface area contributed by atoms with Crippen LogP contribution in [0.15, 0.2) is 16.9 Å². The molecule has 0 aliphatic heterocycles. The molecule has 1 aliphatic carbocycles. The van der Waals surface area contributed by atoms with Crippen LogP contribution in [0.25, 0.3) is 0 Å². The first-order chi connectivity index (χ1) is 6.77. The SMILES string of the molecule is Nc1cc(Br)ncc1C1CCCCC1. The molecule has 0 aromatic carbocycles. The molecule has 1 aromatic rings. The van der Waals surface area contributed by atoms with Crippen molar-refractivity contribution < 1.29 is 0 Å². The first-order valence-electron chi connectivity index (χ1n) is 5.18. The van der Waals surface area contributed by atoms with Gasteiger partial charge in [0.1, 0.15) is 4.60 Å². The Hall–Kier alpha value is -0.570. The van der Waals surface area contributed by atoms with E-state index in [-0.39, 0.29) is 0 Å². The number of hydrogen-bond acceptors (Lipinski definition) is 2. The maximum absolute atomic E-state index is 5.98. The third-order valence-electron chi connectivity index (χ3n) is 2.98. The lowest BCUT2D eigenvalue weighted by Crippen LogP contribution is -2.07. The largest absolute Gasteiger partial charge is 0.398 e. The Labute approximate surface area is 93.0 Å². The molecule has 76 valence electrons. The van der Waals surface area contributed by atoms with Gasteiger partial charge in [-0.05, 0) is 46.3 Å². The Morgan fingerprint density at radius 1 is 1.29 bits per heavy atom. The van der Waals surface area contributed by atoms with Gasteiger partial charge in [-0.15, -0.1) is 0 Å². The molecule has 1 saturated carbocycles. The van der Waals surface area contributed by atoms with Gasteiger partial charge in [-0.3, -0.25) is 0 Å². The highest BCUT2D eigenvalue weighted by molar-refractivity contribution is 9.10. The minimum atomic E-state index is 0.643. The topological polar surface area (TPSA) is 38.9 Å². The van der Waals surface area contributed by atoms with Crippen LogP contribution in [0.4, 0.5) is 5.69 Å². The highest BCUT2D eigenvalue weighted by Crippen LogP contribution is 2.35. The van der Waals surface area contributed by atoms with Crippen LogP contribution in [-0.4, -0.2) is 4.98 Å². The summed E-state index contributed by atoms with van der Waals surface area (Å²) in [4.78, 5) is 4.25. The molecule has 0 radical (unpaired) electrons. The van der Waals surface area contributed by atoms with Gasteiger partial charge in [-0.2, -0.15) is 0 Å². The van der Waals surface area contributed by atoms with Crippen molar-refractivity contribution >= 4 is 21.6 Å². The summed E-state index contributed by atoms with van der Waals surface area (Å²) >= 11 is 3.33. The van der Waals surface area contributed by atoms with Crippen molar-refractivity contribution in [2.24, 2.45) is 0 Å². The fourth-order valence-corrected chi connectivity index (χ4v) is 2.56. The predicted molar refractivity (Wildman–Crippen MR) is 62.2 cm³/mol. The van der Waals surface area contributed by atoms with Crippen molar-refractivity contribution in [1.29, 1.82) is 0 Å². The monoisotopic (exact) mass is 254 g/mol. The van der Waals surface area contributed by atoms with Gasteiger partial charge in [0, 0.05) is 11.9 Å². The maximum atomic E-state index is 5.98. The minimum absolute atomic E-state index is 0.643. The number of nitrogens with two attached hydrogens (primary N) is 1. The van der Waals surface area contributed by atoms with Crippen LogP contribution in [0.1, 0.15) is 43.6 Å². The predicted octanol–water partition coefficient (Wildman–Crippen LogP) is 3.47. The maximum Gasteiger partial charge on any atom is 0.108 e. The average molecular weight is 255 g/mol. The molecule has 1 heterocycles. The van der Waals surface area contributed by atoms with Crippen LogP contribution >= 0.6 is 15.9 Å². The van der Waals surface area contributed by atoms with Crippen molar-refractivity contribution in [3.63, 3.8) is 0 Å². The first-order valence-corrected chi connectivity index (χ1v) is 5.97. The van der Waals surface area contributed by atoms with E-state index in [2.05, 4.69) is 20.9 Å². The van der Waals surface area contributed by atoms with Crippen LogP contribution < -0.4 is 5.73 Å². The molecule has 2 nitrogen and oxygen atoms in total. The van der Waals surface area contributed by atoms with Crippen LogP contribution in [-0.2, 0) is 0 Å². The van der Waals surface area contributed by atoms with Gasteiger partial charge in [-0.1, -0.05) is 19.3 Å². The molecule has 1 aromatic heterocycles. The van der Waals surface area contributed by atoms with Gasteiger partial charge in [0.2, 0.25) is 0 Å². The highest BCUT2D eigenvalue weighted by atomic mass is 79.9. The highest BCUT2D eigenvalue weighted by Gasteiger charge is 2.17. The van der Waals surface area contributed by atoms with E-state index >= 15 is 0 Å². The molecule has 0 saturated heterocycles. The minimum Gasteiger partial charge on any atom is -0.398 e. The Morgan fingerprint density at radius 2 is 2.00 bits per heavy atom. The summed E-state index contributed by atoms with van der Waals surface area (Å²) in [5, 5.41) is 0. The number of nitrogens with zero attached hydrogens (tertiary/aromatic N) is 1. The molecule has 0 spiro atoms. The number of aromatic nitrogens is 1. The van der Waals surface area contributed by atoms with Gasteiger partial charge < -0.3 is 5.73 Å². The standard InChI is InChI=1S/C11H15BrN2/c12-11-6-10(13)9(7-14-11)8-4-2-1-3-5-8/h6-8H,1-5H2,(H2,13,14). The van der Waals surface area contributed by atoms with E-state index in [1.54, 1.807) is 0 Å². The van der Waals surface area contributed by atoms with Crippen LogP contribution in [0, 0.1) is 0 Å². The zero-order valence-electron chi connectivity index (χ0n) is 8.17. The summed E-state index contributed by atoms with van der Waals surface area (Å²) in [6.45, 7) is 0. The molecule has 0 unspecified atom stereocenters.